The quantitative estimate of drug-likeness (QED) is 0.668. The fourth-order valence-electron chi connectivity index (χ4n) is 2.41. The number of hydrogen-bond acceptors (Lipinski definition) is 6. The molecule has 0 bridgehead atoms. The summed E-state index contributed by atoms with van der Waals surface area (Å²) in [7, 11) is 0. The Morgan fingerprint density at radius 1 is 1.18 bits per heavy atom. The van der Waals surface area contributed by atoms with E-state index in [-0.39, 0.29) is 17.7 Å². The van der Waals surface area contributed by atoms with Crippen LogP contribution in [0.5, 0.6) is 5.75 Å². The number of rotatable bonds is 7. The minimum absolute atomic E-state index is 0.123. The number of aryl methyl sites for hydroxylation is 1. The number of anilines is 1. The van der Waals surface area contributed by atoms with E-state index in [0.717, 1.165) is 5.56 Å². The summed E-state index contributed by atoms with van der Waals surface area (Å²) in [4.78, 5) is 20.6. The van der Waals surface area contributed by atoms with E-state index in [1.165, 1.54) is 0 Å². The summed E-state index contributed by atoms with van der Waals surface area (Å²) in [6.45, 7) is 6.47. The van der Waals surface area contributed by atoms with Crippen LogP contribution >= 0.6 is 0 Å². The number of amides is 1. The molecule has 0 saturated heterocycles. The third kappa shape index (κ3) is 5.64. The second kappa shape index (κ2) is 8.65. The van der Waals surface area contributed by atoms with Gasteiger partial charge in [0.05, 0.1) is 0 Å². The van der Waals surface area contributed by atoms with Gasteiger partial charge < -0.3 is 14.6 Å². The number of nitrogens with one attached hydrogen (secondary N) is 1. The molecule has 146 valence electrons. The van der Waals surface area contributed by atoms with Gasteiger partial charge in [0.2, 0.25) is 11.8 Å². The lowest BCUT2D eigenvalue weighted by molar-refractivity contribution is -0.116. The fraction of sp³-hybridized carbons (Fsp3) is 0.333. The molecule has 28 heavy (non-hydrogen) atoms. The van der Waals surface area contributed by atoms with E-state index in [2.05, 4.69) is 20.4 Å². The number of aromatic nitrogens is 3. The van der Waals surface area contributed by atoms with Gasteiger partial charge in [-0.3, -0.25) is 9.78 Å². The number of hydrogen-bond donors (Lipinski definition) is 1. The summed E-state index contributed by atoms with van der Waals surface area (Å²) < 4.78 is 11.0. The summed E-state index contributed by atoms with van der Waals surface area (Å²) in [5, 5.41) is 6.84. The van der Waals surface area contributed by atoms with E-state index in [1.54, 1.807) is 18.5 Å². The molecule has 3 rings (SSSR count). The average molecular weight is 380 g/mol. The predicted molar refractivity (Wildman–Crippen MR) is 105 cm³/mol. The molecule has 1 aromatic carbocycles. The van der Waals surface area contributed by atoms with Crippen LogP contribution < -0.4 is 10.1 Å². The number of carbonyl (C=O) groups is 1. The molecule has 0 aliphatic carbocycles. The summed E-state index contributed by atoms with van der Waals surface area (Å²) in [5.41, 5.74) is 1.53. The molecule has 1 amide bonds. The van der Waals surface area contributed by atoms with Crippen LogP contribution in [-0.4, -0.2) is 21.0 Å². The van der Waals surface area contributed by atoms with E-state index in [0.29, 0.717) is 36.2 Å². The van der Waals surface area contributed by atoms with E-state index in [9.17, 15) is 4.79 Å². The lowest BCUT2D eigenvalue weighted by Crippen LogP contribution is -2.14. The Labute approximate surface area is 164 Å². The summed E-state index contributed by atoms with van der Waals surface area (Å²) >= 11 is 0. The minimum Gasteiger partial charge on any atom is -0.489 e. The molecule has 0 atom stereocenters. The van der Waals surface area contributed by atoms with Crippen LogP contribution in [-0.2, 0) is 23.2 Å². The Morgan fingerprint density at radius 2 is 1.96 bits per heavy atom. The zero-order valence-electron chi connectivity index (χ0n) is 16.3. The standard InChI is InChI=1S/C21H24N4O3/c1-21(2,3)20-24-19(28-25-20)8-7-18(26)23-16-5-4-6-17(13-16)27-14-15-9-11-22-12-10-15/h4-6,9-13H,7-8,14H2,1-3H3,(H,23,26). The first kappa shape index (κ1) is 19.5. The summed E-state index contributed by atoms with van der Waals surface area (Å²) in [6, 6.07) is 11.1. The average Bonchev–Trinajstić information content (AvgIpc) is 3.16. The molecule has 0 radical (unpaired) electrons. The highest BCUT2D eigenvalue weighted by molar-refractivity contribution is 5.90. The molecular weight excluding hydrogens is 356 g/mol. The smallest absolute Gasteiger partial charge is 0.227 e. The number of nitrogens with zero attached hydrogens (tertiary/aromatic N) is 3. The second-order valence-corrected chi connectivity index (χ2v) is 7.48. The van der Waals surface area contributed by atoms with Crippen LogP contribution in [0.15, 0.2) is 53.3 Å². The predicted octanol–water partition coefficient (Wildman–Crippen LogP) is 3.91. The highest BCUT2D eigenvalue weighted by Gasteiger charge is 2.21. The highest BCUT2D eigenvalue weighted by Crippen LogP contribution is 2.20. The lowest BCUT2D eigenvalue weighted by Gasteiger charge is -2.10. The van der Waals surface area contributed by atoms with Gasteiger partial charge in [0.15, 0.2) is 5.82 Å². The van der Waals surface area contributed by atoms with Gasteiger partial charge in [0.1, 0.15) is 12.4 Å². The van der Waals surface area contributed by atoms with Crippen molar-refractivity contribution in [2.24, 2.45) is 0 Å². The molecule has 2 heterocycles. The van der Waals surface area contributed by atoms with Crippen LogP contribution in [0.3, 0.4) is 0 Å². The maximum atomic E-state index is 12.2. The van der Waals surface area contributed by atoms with Gasteiger partial charge in [-0.15, -0.1) is 0 Å². The van der Waals surface area contributed by atoms with Crippen LogP contribution in [0, 0.1) is 0 Å². The zero-order chi connectivity index (χ0) is 20.0. The van der Waals surface area contributed by atoms with E-state index in [1.807, 2.05) is 51.1 Å². The van der Waals surface area contributed by atoms with Crippen molar-refractivity contribution in [2.75, 3.05) is 5.32 Å². The SMILES string of the molecule is CC(C)(C)c1noc(CCC(=O)Nc2cccc(OCc3ccncc3)c2)n1. The number of ether oxygens (including phenoxy) is 1. The van der Waals surface area contributed by atoms with Gasteiger partial charge >= 0.3 is 0 Å². The highest BCUT2D eigenvalue weighted by atomic mass is 16.5. The van der Waals surface area contributed by atoms with Crippen LogP contribution in [0.4, 0.5) is 5.69 Å². The Kier molecular flexibility index (Phi) is 6.03. The third-order valence-corrected chi connectivity index (χ3v) is 3.98. The Bertz CT molecular complexity index is 917. The summed E-state index contributed by atoms with van der Waals surface area (Å²) in [5.74, 6) is 1.67. The number of carbonyl (C=O) groups excluding carboxylic acids is 1. The normalized spacial score (nSPS) is 11.2. The van der Waals surface area contributed by atoms with Crippen molar-refractivity contribution < 1.29 is 14.1 Å². The van der Waals surface area contributed by atoms with Gasteiger partial charge in [0.25, 0.3) is 0 Å². The van der Waals surface area contributed by atoms with E-state index < -0.39 is 0 Å². The fourth-order valence-corrected chi connectivity index (χ4v) is 2.41. The van der Waals surface area contributed by atoms with Gasteiger partial charge in [-0.25, -0.2) is 0 Å². The summed E-state index contributed by atoms with van der Waals surface area (Å²) in [6.07, 6.45) is 4.10. The molecule has 7 nitrogen and oxygen atoms in total. The van der Waals surface area contributed by atoms with Crippen molar-refractivity contribution in [1.29, 1.82) is 0 Å². The molecule has 0 aliphatic heterocycles. The molecule has 0 aliphatic rings. The van der Waals surface area contributed by atoms with Gasteiger partial charge in [0, 0.05) is 42.4 Å². The van der Waals surface area contributed by atoms with Crippen molar-refractivity contribution in [1.82, 2.24) is 15.1 Å². The minimum atomic E-state index is -0.180. The van der Waals surface area contributed by atoms with Crippen molar-refractivity contribution in [3.63, 3.8) is 0 Å². The third-order valence-electron chi connectivity index (χ3n) is 3.98. The van der Waals surface area contributed by atoms with E-state index >= 15 is 0 Å². The molecule has 1 N–H and O–H groups in total. The molecular formula is C21H24N4O3. The van der Waals surface area contributed by atoms with E-state index in [4.69, 9.17) is 9.26 Å². The maximum Gasteiger partial charge on any atom is 0.227 e. The van der Waals surface area contributed by atoms with Crippen LogP contribution in [0.2, 0.25) is 0 Å². The van der Waals surface area contributed by atoms with Crippen molar-refractivity contribution in [3.8, 4) is 5.75 Å². The zero-order valence-corrected chi connectivity index (χ0v) is 16.3. The topological polar surface area (TPSA) is 90.1 Å². The molecule has 0 unspecified atom stereocenters. The first-order valence-corrected chi connectivity index (χ1v) is 9.15. The largest absolute Gasteiger partial charge is 0.489 e. The van der Waals surface area contributed by atoms with Crippen molar-refractivity contribution in [2.45, 2.75) is 45.6 Å². The van der Waals surface area contributed by atoms with Gasteiger partial charge in [-0.1, -0.05) is 32.0 Å². The number of benzene rings is 1. The number of pyridine rings is 1. The molecule has 2 aromatic heterocycles. The van der Waals surface area contributed by atoms with Crippen LogP contribution in [0.25, 0.3) is 0 Å². The first-order valence-electron chi connectivity index (χ1n) is 9.15. The maximum absolute atomic E-state index is 12.2. The monoisotopic (exact) mass is 380 g/mol. The molecule has 0 saturated carbocycles. The van der Waals surface area contributed by atoms with Crippen molar-refractivity contribution >= 4 is 11.6 Å². The van der Waals surface area contributed by atoms with Gasteiger partial charge in [-0.2, -0.15) is 4.98 Å². The first-order chi connectivity index (χ1) is 13.4. The molecule has 7 heteroatoms. The molecule has 0 fully saturated rings. The van der Waals surface area contributed by atoms with Gasteiger partial charge in [-0.05, 0) is 29.8 Å². The lowest BCUT2D eigenvalue weighted by atomic mass is 9.96. The Morgan fingerprint density at radius 3 is 2.68 bits per heavy atom. The molecule has 3 aromatic rings. The second-order valence-electron chi connectivity index (χ2n) is 7.48. The Hall–Kier alpha value is -3.22. The van der Waals surface area contributed by atoms with Crippen LogP contribution in [0.1, 0.15) is 44.5 Å². The van der Waals surface area contributed by atoms with Crippen molar-refractivity contribution in [3.05, 3.63) is 66.1 Å². The Balaban J connectivity index is 1.50. The molecule has 0 spiro atoms.